The van der Waals surface area contributed by atoms with Gasteiger partial charge in [0.25, 0.3) is 0 Å². The Balaban J connectivity index is 2.40. The lowest BCUT2D eigenvalue weighted by Crippen LogP contribution is -2.32. The monoisotopic (exact) mass is 296 g/mol. The van der Waals surface area contributed by atoms with Crippen LogP contribution in [0.5, 0.6) is 0 Å². The Hall–Kier alpha value is -1.07. The molecule has 0 aromatic heterocycles. The van der Waals surface area contributed by atoms with Crippen molar-refractivity contribution in [1.29, 1.82) is 0 Å². The summed E-state index contributed by atoms with van der Waals surface area (Å²) in [7, 11) is -3.43. The van der Waals surface area contributed by atoms with E-state index in [4.69, 9.17) is 5.73 Å². The Bertz CT molecular complexity index is 596. The van der Waals surface area contributed by atoms with Crippen LogP contribution in [-0.2, 0) is 10.0 Å². The van der Waals surface area contributed by atoms with Crippen LogP contribution in [0.25, 0.3) is 0 Å². The largest absolute Gasteiger partial charge is 0.399 e. The van der Waals surface area contributed by atoms with E-state index in [1.165, 1.54) is 0 Å². The first-order valence-electron chi connectivity index (χ1n) is 7.19. The zero-order valence-corrected chi connectivity index (χ0v) is 13.3. The van der Waals surface area contributed by atoms with Gasteiger partial charge in [-0.05, 0) is 62.3 Å². The smallest absolute Gasteiger partial charge is 0.243 e. The fourth-order valence-corrected chi connectivity index (χ4v) is 4.56. The number of hydrogen-bond acceptors (Lipinski definition) is 3. The summed E-state index contributed by atoms with van der Waals surface area (Å²) in [5.41, 5.74) is 8.06. The van der Waals surface area contributed by atoms with Crippen molar-refractivity contribution in [1.82, 2.24) is 4.31 Å². The second kappa shape index (κ2) is 5.74. The van der Waals surface area contributed by atoms with Crippen LogP contribution in [0.3, 0.4) is 0 Å². The van der Waals surface area contributed by atoms with Gasteiger partial charge in [-0.25, -0.2) is 8.42 Å². The van der Waals surface area contributed by atoms with E-state index in [0.29, 0.717) is 29.6 Å². The number of benzene rings is 1. The number of nitrogen functional groups attached to an aromatic ring is 1. The predicted molar refractivity (Wildman–Crippen MR) is 82.1 cm³/mol. The number of nitrogens with two attached hydrogens (primary N) is 1. The van der Waals surface area contributed by atoms with Gasteiger partial charge in [-0.3, -0.25) is 0 Å². The van der Waals surface area contributed by atoms with E-state index in [0.717, 1.165) is 30.4 Å². The molecule has 1 aromatic carbocycles. The average molecular weight is 296 g/mol. The summed E-state index contributed by atoms with van der Waals surface area (Å²) < 4.78 is 27.3. The van der Waals surface area contributed by atoms with Crippen molar-refractivity contribution in [3.8, 4) is 0 Å². The highest BCUT2D eigenvalue weighted by Crippen LogP contribution is 2.28. The molecule has 0 aliphatic carbocycles. The van der Waals surface area contributed by atoms with Crippen molar-refractivity contribution < 1.29 is 8.42 Å². The fourth-order valence-electron chi connectivity index (χ4n) is 2.74. The Morgan fingerprint density at radius 3 is 2.60 bits per heavy atom. The van der Waals surface area contributed by atoms with Gasteiger partial charge in [-0.1, -0.05) is 6.92 Å². The van der Waals surface area contributed by atoms with Crippen LogP contribution in [0, 0.1) is 19.8 Å². The van der Waals surface area contributed by atoms with Gasteiger partial charge in [0.1, 0.15) is 0 Å². The lowest BCUT2D eigenvalue weighted by molar-refractivity contribution is 0.416. The molecule has 0 spiro atoms. The molecule has 0 saturated carbocycles. The number of aryl methyl sites for hydroxylation is 1. The molecule has 1 unspecified atom stereocenters. The van der Waals surface area contributed by atoms with Crippen molar-refractivity contribution in [2.75, 3.05) is 18.8 Å². The minimum absolute atomic E-state index is 0.365. The lowest BCUT2D eigenvalue weighted by Gasteiger charge is -2.22. The highest BCUT2D eigenvalue weighted by Gasteiger charge is 2.28. The SMILES string of the molecule is Cc1cc(N)cc(S(=O)(=O)N2CCCC(C)CC2)c1C. The van der Waals surface area contributed by atoms with Gasteiger partial charge < -0.3 is 5.73 Å². The number of nitrogens with zero attached hydrogens (tertiary/aromatic N) is 1. The van der Waals surface area contributed by atoms with Crippen LogP contribution in [0.2, 0.25) is 0 Å². The van der Waals surface area contributed by atoms with Crippen LogP contribution in [-0.4, -0.2) is 25.8 Å². The summed E-state index contributed by atoms with van der Waals surface area (Å²) in [6, 6.07) is 3.41. The van der Waals surface area contributed by atoms with Crippen LogP contribution < -0.4 is 5.73 Å². The van der Waals surface area contributed by atoms with E-state index in [-0.39, 0.29) is 0 Å². The first-order valence-corrected chi connectivity index (χ1v) is 8.63. The first kappa shape index (κ1) is 15.3. The Morgan fingerprint density at radius 1 is 1.20 bits per heavy atom. The van der Waals surface area contributed by atoms with E-state index in [1.54, 1.807) is 10.4 Å². The zero-order valence-electron chi connectivity index (χ0n) is 12.5. The fraction of sp³-hybridized carbons (Fsp3) is 0.600. The molecule has 1 aliphatic heterocycles. The number of hydrogen-bond donors (Lipinski definition) is 1. The van der Waals surface area contributed by atoms with Crippen LogP contribution in [0.1, 0.15) is 37.3 Å². The van der Waals surface area contributed by atoms with Crippen LogP contribution in [0.15, 0.2) is 17.0 Å². The molecule has 1 heterocycles. The summed E-state index contributed by atoms with van der Waals surface area (Å²) in [5, 5.41) is 0. The molecule has 2 N–H and O–H groups in total. The maximum absolute atomic E-state index is 12.8. The van der Waals surface area contributed by atoms with E-state index in [1.807, 2.05) is 19.9 Å². The molecule has 0 radical (unpaired) electrons. The highest BCUT2D eigenvalue weighted by molar-refractivity contribution is 7.89. The van der Waals surface area contributed by atoms with Gasteiger partial charge in [0, 0.05) is 18.8 Å². The van der Waals surface area contributed by atoms with Gasteiger partial charge in [-0.15, -0.1) is 0 Å². The summed E-state index contributed by atoms with van der Waals surface area (Å²) in [5.74, 6) is 0.596. The van der Waals surface area contributed by atoms with Gasteiger partial charge in [0.15, 0.2) is 0 Å². The molecule has 1 saturated heterocycles. The molecule has 112 valence electrons. The predicted octanol–water partition coefficient (Wildman–Crippen LogP) is 2.70. The third-order valence-electron chi connectivity index (χ3n) is 4.24. The summed E-state index contributed by atoms with van der Waals surface area (Å²) in [4.78, 5) is 0.365. The molecule has 2 rings (SSSR count). The topological polar surface area (TPSA) is 63.4 Å². The van der Waals surface area contributed by atoms with E-state index >= 15 is 0 Å². The molecule has 1 aromatic rings. The number of anilines is 1. The maximum atomic E-state index is 12.8. The summed E-state index contributed by atoms with van der Waals surface area (Å²) >= 11 is 0. The highest BCUT2D eigenvalue weighted by atomic mass is 32.2. The van der Waals surface area contributed by atoms with Crippen molar-refractivity contribution in [2.24, 2.45) is 5.92 Å². The minimum Gasteiger partial charge on any atom is -0.399 e. The van der Waals surface area contributed by atoms with Gasteiger partial charge in [0.2, 0.25) is 10.0 Å². The Morgan fingerprint density at radius 2 is 1.90 bits per heavy atom. The van der Waals surface area contributed by atoms with Gasteiger partial charge >= 0.3 is 0 Å². The standard InChI is InChI=1S/C15H24N2O2S/c1-11-5-4-7-17(8-6-11)20(18,19)15-10-14(16)9-12(2)13(15)3/h9-11H,4-8,16H2,1-3H3. The summed E-state index contributed by atoms with van der Waals surface area (Å²) in [6.07, 6.45) is 2.96. The second-order valence-corrected chi connectivity index (χ2v) is 7.81. The van der Waals surface area contributed by atoms with Crippen molar-refractivity contribution in [3.63, 3.8) is 0 Å². The molecule has 4 nitrogen and oxygen atoms in total. The van der Waals surface area contributed by atoms with E-state index < -0.39 is 10.0 Å². The molecule has 1 fully saturated rings. The molecule has 1 atom stereocenters. The number of sulfonamides is 1. The third-order valence-corrected chi connectivity index (χ3v) is 6.26. The van der Waals surface area contributed by atoms with Crippen molar-refractivity contribution >= 4 is 15.7 Å². The normalized spacial score (nSPS) is 21.6. The lowest BCUT2D eigenvalue weighted by atomic mass is 10.0. The molecular formula is C15H24N2O2S. The molecule has 20 heavy (non-hydrogen) atoms. The first-order chi connectivity index (χ1) is 9.32. The van der Waals surface area contributed by atoms with E-state index in [9.17, 15) is 8.42 Å². The molecule has 0 amide bonds. The van der Waals surface area contributed by atoms with Crippen LogP contribution in [0.4, 0.5) is 5.69 Å². The van der Waals surface area contributed by atoms with Crippen LogP contribution >= 0.6 is 0 Å². The third kappa shape index (κ3) is 2.99. The summed E-state index contributed by atoms with van der Waals surface area (Å²) in [6.45, 7) is 7.15. The van der Waals surface area contributed by atoms with Crippen molar-refractivity contribution in [3.05, 3.63) is 23.3 Å². The van der Waals surface area contributed by atoms with Crippen molar-refractivity contribution in [2.45, 2.75) is 44.9 Å². The molecule has 5 heteroatoms. The molecule has 0 bridgehead atoms. The second-order valence-electron chi connectivity index (χ2n) is 5.90. The number of rotatable bonds is 2. The average Bonchev–Trinajstić information content (AvgIpc) is 2.58. The Kier molecular flexibility index (Phi) is 4.39. The minimum atomic E-state index is -3.43. The molecular weight excluding hydrogens is 272 g/mol. The van der Waals surface area contributed by atoms with Gasteiger partial charge in [-0.2, -0.15) is 4.31 Å². The quantitative estimate of drug-likeness (QED) is 0.853. The zero-order chi connectivity index (χ0) is 14.9. The molecule has 1 aliphatic rings. The maximum Gasteiger partial charge on any atom is 0.243 e. The van der Waals surface area contributed by atoms with Gasteiger partial charge in [0.05, 0.1) is 4.90 Å². The van der Waals surface area contributed by atoms with E-state index in [2.05, 4.69) is 6.92 Å². The Labute approximate surface area is 122 Å².